The van der Waals surface area contributed by atoms with Gasteiger partial charge in [-0.15, -0.1) is 0 Å². The summed E-state index contributed by atoms with van der Waals surface area (Å²) in [6.07, 6.45) is -21.1. The van der Waals surface area contributed by atoms with E-state index >= 15 is 0 Å². The molecule has 3 rings (SSSR count). The highest BCUT2D eigenvalue weighted by atomic mass is 35.5. The zero-order valence-corrected chi connectivity index (χ0v) is 19.6. The van der Waals surface area contributed by atoms with Gasteiger partial charge in [0.1, 0.15) is 5.82 Å². The molecule has 0 aromatic heterocycles. The smallest absolute Gasteiger partial charge is 0.451 e. The van der Waals surface area contributed by atoms with Crippen LogP contribution in [0.3, 0.4) is 0 Å². The topological polar surface area (TPSA) is 115 Å². The molecule has 1 aromatic rings. The second kappa shape index (κ2) is 8.91. The summed E-state index contributed by atoms with van der Waals surface area (Å²) >= 11 is 11.7. The number of aliphatic imine (C=N–C) groups is 2. The zero-order chi connectivity index (χ0) is 28.5. The van der Waals surface area contributed by atoms with Crippen molar-refractivity contribution in [3.8, 4) is 0 Å². The van der Waals surface area contributed by atoms with Crippen LogP contribution >= 0.6 is 23.2 Å². The van der Waals surface area contributed by atoms with Crippen molar-refractivity contribution < 1.29 is 57.8 Å². The fraction of sp³-hybridized carbons (Fsp3) is 0.312. The molecule has 1 unspecified atom stereocenters. The lowest BCUT2D eigenvalue weighted by Crippen LogP contribution is -2.49. The Morgan fingerprint density at radius 3 is 1.89 bits per heavy atom. The monoisotopic (exact) mass is 607 g/mol. The summed E-state index contributed by atoms with van der Waals surface area (Å²) in [6.45, 7) is 0. The molecular formula is C16H8Cl2F9N5O4S. The van der Waals surface area contributed by atoms with Crippen LogP contribution in [-0.2, 0) is 16.2 Å². The van der Waals surface area contributed by atoms with Crippen molar-refractivity contribution in [2.75, 3.05) is 11.3 Å². The van der Waals surface area contributed by atoms with Crippen molar-refractivity contribution in [1.29, 1.82) is 0 Å². The molecule has 21 heteroatoms. The van der Waals surface area contributed by atoms with Crippen molar-refractivity contribution >= 4 is 56.6 Å². The van der Waals surface area contributed by atoms with Gasteiger partial charge in [-0.1, -0.05) is 27.6 Å². The molecule has 2 heterocycles. The summed E-state index contributed by atoms with van der Waals surface area (Å²) in [5.74, 6) is -3.84. The van der Waals surface area contributed by atoms with E-state index in [0.717, 1.165) is 0 Å². The lowest BCUT2D eigenvalue weighted by Gasteiger charge is -2.33. The highest BCUT2D eigenvalue weighted by molar-refractivity contribution is 7.88. The van der Waals surface area contributed by atoms with Gasteiger partial charge in [-0.25, -0.2) is 28.2 Å². The average Bonchev–Trinajstić information content (AvgIpc) is 2.98. The van der Waals surface area contributed by atoms with E-state index in [-0.39, 0.29) is 27.8 Å². The number of hydrogen-bond donors (Lipinski definition) is 2. The largest absolute Gasteiger partial charge is 0.465 e. The molecule has 0 saturated heterocycles. The summed E-state index contributed by atoms with van der Waals surface area (Å²) in [5, 5.41) is 8.41. The molecule has 1 aromatic carbocycles. The minimum atomic E-state index is -5.74. The molecule has 0 bridgehead atoms. The van der Waals surface area contributed by atoms with Gasteiger partial charge in [-0.2, -0.15) is 39.5 Å². The Kier molecular flexibility index (Phi) is 6.94. The molecule has 0 saturated carbocycles. The Morgan fingerprint density at radius 2 is 1.51 bits per heavy atom. The SMILES string of the molecule is CS(=O)(=O)N1C2N=C(C(F)(F)F)N=C(C(F)(F)F)C2=C(NC(=O)O)N1c1c(Cl)cc(C(F)(F)F)cc1Cl. The Bertz CT molecular complexity index is 1350. The number of nitrogens with one attached hydrogen (secondary N) is 1. The van der Waals surface area contributed by atoms with E-state index in [4.69, 9.17) is 23.2 Å². The second-order valence-electron chi connectivity index (χ2n) is 7.11. The van der Waals surface area contributed by atoms with Crippen molar-refractivity contribution in [2.45, 2.75) is 24.7 Å². The van der Waals surface area contributed by atoms with Crippen LogP contribution in [0.25, 0.3) is 0 Å². The molecule has 1 amide bonds. The highest BCUT2D eigenvalue weighted by Crippen LogP contribution is 2.47. The van der Waals surface area contributed by atoms with Gasteiger partial charge in [0.25, 0.3) is 0 Å². The van der Waals surface area contributed by atoms with E-state index < -0.39 is 85.0 Å². The Labute approximate surface area is 209 Å². The van der Waals surface area contributed by atoms with Crippen LogP contribution in [0.5, 0.6) is 0 Å². The number of carboxylic acid groups (broad SMARTS) is 1. The van der Waals surface area contributed by atoms with Crippen LogP contribution in [-0.4, -0.2) is 60.4 Å². The van der Waals surface area contributed by atoms with Gasteiger partial charge < -0.3 is 5.11 Å². The van der Waals surface area contributed by atoms with Gasteiger partial charge in [0.15, 0.2) is 11.9 Å². The fourth-order valence-corrected chi connectivity index (χ4v) is 4.88. The number of hydrazine groups is 1. The Balaban J connectivity index is 2.47. The van der Waals surface area contributed by atoms with Gasteiger partial charge in [-0.05, 0) is 12.1 Å². The first kappa shape index (κ1) is 28.8. The molecule has 37 heavy (non-hydrogen) atoms. The maximum Gasteiger partial charge on any atom is 0.451 e. The minimum absolute atomic E-state index is 0.0294. The standard InChI is InChI=1S/C16H8Cl2F9N5O4S/c1-37(35,36)32-11-7(9(15(22,23)24)28-12(29-11)16(25,26)27)10(30-13(33)34)31(32)8-5(17)2-4(3-6(8)18)14(19,20)21/h2-3,11,30H,1H3,(H,33,34). The number of alkyl halides is 9. The fourth-order valence-electron chi connectivity index (χ4n) is 3.26. The van der Waals surface area contributed by atoms with E-state index in [1.165, 1.54) is 5.32 Å². The molecule has 0 radical (unpaired) electrons. The molecule has 2 aliphatic rings. The first-order chi connectivity index (χ1) is 16.5. The quantitative estimate of drug-likeness (QED) is 0.480. The normalized spacial score (nSPS) is 19.6. The minimum Gasteiger partial charge on any atom is -0.465 e. The molecule has 2 N–H and O–H groups in total. The van der Waals surface area contributed by atoms with Gasteiger partial charge in [0.2, 0.25) is 15.9 Å². The first-order valence-electron chi connectivity index (χ1n) is 8.96. The van der Waals surface area contributed by atoms with Crippen molar-refractivity contribution in [2.24, 2.45) is 9.98 Å². The van der Waals surface area contributed by atoms with Crippen LogP contribution in [0.2, 0.25) is 10.0 Å². The third kappa shape index (κ3) is 5.43. The van der Waals surface area contributed by atoms with E-state index in [0.29, 0.717) is 0 Å². The number of fused-ring (bicyclic) bond motifs is 1. The average molecular weight is 608 g/mol. The number of hydrogen-bond acceptors (Lipinski definition) is 6. The predicted molar refractivity (Wildman–Crippen MR) is 110 cm³/mol. The lowest BCUT2D eigenvalue weighted by molar-refractivity contribution is -0.137. The molecule has 204 valence electrons. The number of nitrogens with zero attached hydrogens (tertiary/aromatic N) is 4. The summed E-state index contributed by atoms with van der Waals surface area (Å²) < 4.78 is 146. The number of halogens is 11. The Morgan fingerprint density at radius 1 is 1.00 bits per heavy atom. The van der Waals surface area contributed by atoms with E-state index in [1.807, 2.05) is 0 Å². The molecule has 2 aliphatic heterocycles. The summed E-state index contributed by atoms with van der Waals surface area (Å²) in [7, 11) is -5.00. The predicted octanol–water partition coefficient (Wildman–Crippen LogP) is 4.79. The summed E-state index contributed by atoms with van der Waals surface area (Å²) in [5.41, 5.74) is -6.44. The van der Waals surface area contributed by atoms with Gasteiger partial charge >= 0.3 is 24.6 Å². The number of rotatable bonds is 3. The molecule has 1 atom stereocenters. The van der Waals surface area contributed by atoms with E-state index in [9.17, 15) is 57.8 Å². The van der Waals surface area contributed by atoms with E-state index in [2.05, 4.69) is 9.98 Å². The van der Waals surface area contributed by atoms with Crippen LogP contribution < -0.4 is 10.3 Å². The maximum atomic E-state index is 13.8. The molecule has 0 aliphatic carbocycles. The van der Waals surface area contributed by atoms with Crippen molar-refractivity contribution in [1.82, 2.24) is 9.73 Å². The Hall–Kier alpha value is -2.77. The van der Waals surface area contributed by atoms with Crippen molar-refractivity contribution in [3.05, 3.63) is 39.1 Å². The number of anilines is 1. The summed E-state index contributed by atoms with van der Waals surface area (Å²) in [4.78, 5) is 16.8. The van der Waals surface area contributed by atoms with Crippen molar-refractivity contribution in [3.63, 3.8) is 0 Å². The highest BCUT2D eigenvalue weighted by Gasteiger charge is 2.57. The van der Waals surface area contributed by atoms with Crippen LogP contribution in [0.15, 0.2) is 33.5 Å². The van der Waals surface area contributed by atoms with E-state index in [1.54, 1.807) is 0 Å². The van der Waals surface area contributed by atoms with Crippen LogP contribution in [0.4, 0.5) is 50.0 Å². The van der Waals surface area contributed by atoms with Crippen LogP contribution in [0.1, 0.15) is 5.56 Å². The number of sulfonamides is 1. The zero-order valence-electron chi connectivity index (χ0n) is 17.3. The van der Waals surface area contributed by atoms with Crippen LogP contribution in [0, 0.1) is 0 Å². The first-order valence-corrected chi connectivity index (χ1v) is 11.6. The number of amidine groups is 1. The third-order valence-corrected chi connectivity index (χ3v) is 6.11. The van der Waals surface area contributed by atoms with Gasteiger partial charge in [0, 0.05) is 0 Å². The molecule has 0 spiro atoms. The lowest BCUT2D eigenvalue weighted by atomic mass is 10.1. The number of carbonyl (C=O) groups is 1. The molecular weight excluding hydrogens is 600 g/mol. The molecule has 0 fully saturated rings. The number of benzene rings is 1. The van der Waals surface area contributed by atoms with Gasteiger partial charge in [-0.3, -0.25) is 5.32 Å². The molecule has 9 nitrogen and oxygen atoms in total. The summed E-state index contributed by atoms with van der Waals surface area (Å²) in [6, 6.07) is 0.356. The third-order valence-electron chi connectivity index (χ3n) is 4.49. The second-order valence-corrected chi connectivity index (χ2v) is 9.76. The maximum absolute atomic E-state index is 13.8. The van der Waals surface area contributed by atoms with Gasteiger partial charge in [0.05, 0.1) is 33.1 Å². The number of amides is 1.